The zero-order chi connectivity index (χ0) is 21.5. The maximum Gasteiger partial charge on any atom is 0.255 e. The molecule has 5 nitrogen and oxygen atoms in total. The molecule has 3 aromatic rings. The van der Waals surface area contributed by atoms with Crippen LogP contribution in [-0.4, -0.2) is 39.2 Å². The molecule has 1 unspecified atom stereocenters. The van der Waals surface area contributed by atoms with Crippen LogP contribution in [0.4, 0.5) is 0 Å². The molecule has 0 saturated carbocycles. The molecule has 30 heavy (non-hydrogen) atoms. The largest absolute Gasteiger partial charge is 0.388 e. The van der Waals surface area contributed by atoms with Crippen molar-refractivity contribution in [3.05, 3.63) is 63.8 Å². The van der Waals surface area contributed by atoms with E-state index in [1.54, 1.807) is 18.3 Å². The van der Waals surface area contributed by atoms with Crippen molar-refractivity contribution in [1.29, 1.82) is 0 Å². The molecule has 1 aliphatic rings. The number of aliphatic hydroxyl groups excluding tert-OH is 1. The Hall–Kier alpha value is -2.08. The highest BCUT2D eigenvalue weighted by Crippen LogP contribution is 2.46. The number of benzene rings is 2. The number of amides is 1. The fourth-order valence-corrected chi connectivity index (χ4v) is 4.97. The number of hydrogen-bond donors (Lipinski definition) is 2. The van der Waals surface area contributed by atoms with Crippen molar-refractivity contribution in [3.8, 4) is 0 Å². The van der Waals surface area contributed by atoms with Crippen molar-refractivity contribution < 1.29 is 9.90 Å². The SMILES string of the molecule is CC(C)(C1CCN(C(=O)c2ccccc2Cl)CC1)C(O)c1cc(Cl)cc2cn[nH]c12. The molecule has 1 fully saturated rings. The monoisotopic (exact) mass is 445 g/mol. The molecule has 2 aromatic carbocycles. The fourth-order valence-electron chi connectivity index (χ4n) is 4.52. The normalized spacial score (nSPS) is 16.8. The number of rotatable bonds is 4. The number of likely N-dealkylation sites (tertiary alicyclic amines) is 1. The van der Waals surface area contributed by atoms with Crippen molar-refractivity contribution in [2.75, 3.05) is 13.1 Å². The van der Waals surface area contributed by atoms with Crippen LogP contribution in [-0.2, 0) is 0 Å². The Balaban J connectivity index is 1.50. The molecule has 0 bridgehead atoms. The highest BCUT2D eigenvalue weighted by molar-refractivity contribution is 6.33. The van der Waals surface area contributed by atoms with Crippen LogP contribution in [0.1, 0.15) is 48.7 Å². The van der Waals surface area contributed by atoms with Gasteiger partial charge in [-0.3, -0.25) is 9.89 Å². The Kier molecular flexibility index (Phi) is 5.80. The third-order valence-corrected chi connectivity index (χ3v) is 7.03. The molecule has 1 saturated heterocycles. The lowest BCUT2D eigenvalue weighted by molar-refractivity contribution is -0.0164. The van der Waals surface area contributed by atoms with E-state index in [0.29, 0.717) is 28.7 Å². The van der Waals surface area contributed by atoms with Gasteiger partial charge in [0.05, 0.1) is 28.4 Å². The first kappa shape index (κ1) is 21.2. The van der Waals surface area contributed by atoms with Crippen molar-refractivity contribution >= 4 is 40.0 Å². The van der Waals surface area contributed by atoms with Crippen LogP contribution in [0.5, 0.6) is 0 Å². The molecule has 158 valence electrons. The van der Waals surface area contributed by atoms with Gasteiger partial charge in [0.25, 0.3) is 5.91 Å². The number of nitrogens with zero attached hydrogens (tertiary/aromatic N) is 2. The topological polar surface area (TPSA) is 69.2 Å². The van der Waals surface area contributed by atoms with Gasteiger partial charge in [0.2, 0.25) is 0 Å². The Morgan fingerprint density at radius 1 is 1.23 bits per heavy atom. The van der Waals surface area contributed by atoms with E-state index in [1.807, 2.05) is 29.2 Å². The lowest BCUT2D eigenvalue weighted by Gasteiger charge is -2.43. The summed E-state index contributed by atoms with van der Waals surface area (Å²) in [5, 5.41) is 20.3. The Morgan fingerprint density at radius 2 is 1.93 bits per heavy atom. The lowest BCUT2D eigenvalue weighted by atomic mass is 9.68. The number of fused-ring (bicyclic) bond motifs is 1. The van der Waals surface area contributed by atoms with E-state index in [2.05, 4.69) is 24.0 Å². The molecular formula is C23H25Cl2N3O2. The second-order valence-corrected chi connectivity index (χ2v) is 9.44. The van der Waals surface area contributed by atoms with Gasteiger partial charge in [0.1, 0.15) is 0 Å². The Morgan fingerprint density at radius 3 is 2.63 bits per heavy atom. The minimum Gasteiger partial charge on any atom is -0.388 e. The van der Waals surface area contributed by atoms with Gasteiger partial charge in [0, 0.05) is 29.1 Å². The number of nitrogens with one attached hydrogen (secondary N) is 1. The molecule has 0 aliphatic carbocycles. The molecule has 2 N–H and O–H groups in total. The van der Waals surface area contributed by atoms with E-state index < -0.39 is 11.5 Å². The average molecular weight is 446 g/mol. The number of hydrogen-bond acceptors (Lipinski definition) is 3. The second kappa shape index (κ2) is 8.22. The van der Waals surface area contributed by atoms with Gasteiger partial charge in [-0.1, -0.05) is 49.2 Å². The summed E-state index contributed by atoms with van der Waals surface area (Å²) < 4.78 is 0. The van der Waals surface area contributed by atoms with E-state index in [9.17, 15) is 9.90 Å². The summed E-state index contributed by atoms with van der Waals surface area (Å²) in [6.45, 7) is 5.44. The van der Waals surface area contributed by atoms with Crippen LogP contribution >= 0.6 is 23.2 Å². The Bertz CT molecular complexity index is 1070. The molecule has 7 heteroatoms. The summed E-state index contributed by atoms with van der Waals surface area (Å²) in [5.41, 5.74) is 1.71. The number of halogens is 2. The van der Waals surface area contributed by atoms with Crippen LogP contribution in [0.25, 0.3) is 10.9 Å². The molecule has 0 radical (unpaired) electrons. The van der Waals surface area contributed by atoms with E-state index in [4.69, 9.17) is 23.2 Å². The van der Waals surface area contributed by atoms with E-state index in [0.717, 1.165) is 29.3 Å². The number of carbonyl (C=O) groups is 1. The Labute approximate surface area is 186 Å². The first-order valence-corrected chi connectivity index (χ1v) is 10.9. The number of aromatic amines is 1. The van der Waals surface area contributed by atoms with E-state index in [1.165, 1.54) is 0 Å². The molecule has 1 amide bonds. The number of piperidine rings is 1. The summed E-state index contributed by atoms with van der Waals surface area (Å²) in [4.78, 5) is 14.7. The van der Waals surface area contributed by atoms with E-state index >= 15 is 0 Å². The first-order valence-electron chi connectivity index (χ1n) is 10.1. The van der Waals surface area contributed by atoms with Crippen LogP contribution in [0.15, 0.2) is 42.6 Å². The highest BCUT2D eigenvalue weighted by Gasteiger charge is 2.40. The smallest absolute Gasteiger partial charge is 0.255 e. The van der Waals surface area contributed by atoms with Crippen LogP contribution in [0, 0.1) is 11.3 Å². The molecule has 0 spiro atoms. The molecule has 1 aromatic heterocycles. The number of aliphatic hydroxyl groups is 1. The maximum atomic E-state index is 12.9. The zero-order valence-corrected chi connectivity index (χ0v) is 18.5. The molecule has 1 atom stereocenters. The summed E-state index contributed by atoms with van der Waals surface area (Å²) in [7, 11) is 0. The quantitative estimate of drug-likeness (QED) is 0.558. The van der Waals surface area contributed by atoms with Gasteiger partial charge in [-0.25, -0.2) is 0 Å². The lowest BCUT2D eigenvalue weighted by Crippen LogP contribution is -2.43. The predicted octanol–water partition coefficient (Wildman–Crippen LogP) is 5.48. The number of carbonyl (C=O) groups excluding carboxylic acids is 1. The molecule has 2 heterocycles. The summed E-state index contributed by atoms with van der Waals surface area (Å²) in [6.07, 6.45) is 2.62. The highest BCUT2D eigenvalue weighted by atomic mass is 35.5. The second-order valence-electron chi connectivity index (χ2n) is 8.60. The van der Waals surface area contributed by atoms with Crippen LogP contribution in [0.3, 0.4) is 0 Å². The molecule has 1 aliphatic heterocycles. The van der Waals surface area contributed by atoms with Gasteiger partial charge in [-0.05, 0) is 48.4 Å². The minimum absolute atomic E-state index is 0.0357. The van der Waals surface area contributed by atoms with Gasteiger partial charge >= 0.3 is 0 Å². The third-order valence-electron chi connectivity index (χ3n) is 6.48. The summed E-state index contributed by atoms with van der Waals surface area (Å²) >= 11 is 12.5. The van der Waals surface area contributed by atoms with Gasteiger partial charge in [-0.2, -0.15) is 5.10 Å². The molecule has 4 rings (SSSR count). The van der Waals surface area contributed by atoms with Gasteiger partial charge in [0.15, 0.2) is 0 Å². The standard InChI is InChI=1S/C23H25Cl2N3O2/c1-23(2,21(29)18-12-16(24)11-14-13-26-27-20(14)18)15-7-9-28(10-8-15)22(30)17-5-3-4-6-19(17)25/h3-6,11-13,15,21,29H,7-10H2,1-2H3,(H,26,27). The van der Waals surface area contributed by atoms with Gasteiger partial charge in [-0.15, -0.1) is 0 Å². The first-order chi connectivity index (χ1) is 14.3. The molecular weight excluding hydrogens is 421 g/mol. The summed E-state index contributed by atoms with van der Waals surface area (Å²) in [6, 6.07) is 10.8. The average Bonchev–Trinajstić information content (AvgIpc) is 3.21. The zero-order valence-electron chi connectivity index (χ0n) is 17.0. The van der Waals surface area contributed by atoms with Gasteiger partial charge < -0.3 is 10.0 Å². The van der Waals surface area contributed by atoms with Crippen LogP contribution < -0.4 is 0 Å². The van der Waals surface area contributed by atoms with Crippen molar-refractivity contribution in [1.82, 2.24) is 15.1 Å². The predicted molar refractivity (Wildman–Crippen MR) is 120 cm³/mol. The van der Waals surface area contributed by atoms with E-state index in [-0.39, 0.29) is 11.8 Å². The number of H-pyrrole nitrogens is 1. The summed E-state index contributed by atoms with van der Waals surface area (Å²) in [5.74, 6) is 0.214. The van der Waals surface area contributed by atoms with Crippen molar-refractivity contribution in [3.63, 3.8) is 0 Å². The fraction of sp³-hybridized carbons (Fsp3) is 0.391. The minimum atomic E-state index is -0.713. The maximum absolute atomic E-state index is 12.9. The number of aromatic nitrogens is 2. The van der Waals surface area contributed by atoms with Crippen molar-refractivity contribution in [2.24, 2.45) is 11.3 Å². The van der Waals surface area contributed by atoms with Crippen LogP contribution in [0.2, 0.25) is 10.0 Å². The third kappa shape index (κ3) is 3.82. The van der Waals surface area contributed by atoms with Crippen molar-refractivity contribution in [2.45, 2.75) is 32.8 Å².